The highest BCUT2D eigenvalue weighted by Gasteiger charge is 2.11. The standard InChI is InChI=1S/C18H18N2O3/c1-13-17(20-18(23-13)15-5-3-2-4-6-15)12-21-16-9-7-14(8-10-16)11-22-19/h2-10H,11-12,19H2,1H3. The zero-order chi connectivity index (χ0) is 16.1. The van der Waals surface area contributed by atoms with Gasteiger partial charge >= 0.3 is 0 Å². The molecule has 0 aliphatic heterocycles. The molecule has 3 aromatic rings. The van der Waals surface area contributed by atoms with Crippen LogP contribution < -0.4 is 10.6 Å². The first kappa shape index (κ1) is 15.3. The summed E-state index contributed by atoms with van der Waals surface area (Å²) in [5.41, 5.74) is 2.73. The van der Waals surface area contributed by atoms with Crippen molar-refractivity contribution in [3.63, 3.8) is 0 Å². The van der Waals surface area contributed by atoms with Crippen LogP contribution in [0, 0.1) is 6.92 Å². The van der Waals surface area contributed by atoms with E-state index in [9.17, 15) is 0 Å². The normalized spacial score (nSPS) is 10.7. The number of nitrogens with zero attached hydrogens (tertiary/aromatic N) is 1. The molecule has 2 aromatic carbocycles. The maximum atomic E-state index is 5.76. The number of rotatable bonds is 6. The van der Waals surface area contributed by atoms with Gasteiger partial charge in [-0.05, 0) is 36.8 Å². The Morgan fingerprint density at radius 3 is 2.43 bits per heavy atom. The van der Waals surface area contributed by atoms with E-state index in [1.165, 1.54) is 0 Å². The van der Waals surface area contributed by atoms with Crippen molar-refractivity contribution in [3.05, 3.63) is 71.6 Å². The van der Waals surface area contributed by atoms with E-state index in [1.807, 2.05) is 61.5 Å². The fraction of sp³-hybridized carbons (Fsp3) is 0.167. The Morgan fingerprint density at radius 2 is 1.74 bits per heavy atom. The average Bonchev–Trinajstić information content (AvgIpc) is 2.96. The summed E-state index contributed by atoms with van der Waals surface area (Å²) in [6.07, 6.45) is 0. The lowest BCUT2D eigenvalue weighted by atomic mass is 10.2. The van der Waals surface area contributed by atoms with Crippen LogP contribution in [0.4, 0.5) is 0 Å². The summed E-state index contributed by atoms with van der Waals surface area (Å²) in [5.74, 6) is 7.18. The van der Waals surface area contributed by atoms with Crippen LogP contribution in [0.3, 0.4) is 0 Å². The van der Waals surface area contributed by atoms with Crippen LogP contribution >= 0.6 is 0 Å². The van der Waals surface area contributed by atoms with Crippen molar-refractivity contribution in [2.45, 2.75) is 20.1 Å². The monoisotopic (exact) mass is 310 g/mol. The molecule has 3 rings (SSSR count). The van der Waals surface area contributed by atoms with Gasteiger partial charge in [-0.1, -0.05) is 30.3 Å². The lowest BCUT2D eigenvalue weighted by Crippen LogP contribution is -2.00. The maximum Gasteiger partial charge on any atom is 0.226 e. The Bertz CT molecular complexity index is 752. The molecule has 1 aromatic heterocycles. The predicted octanol–water partition coefficient (Wildman–Crippen LogP) is 3.62. The highest BCUT2D eigenvalue weighted by atomic mass is 16.6. The van der Waals surface area contributed by atoms with Gasteiger partial charge in [-0.25, -0.2) is 10.9 Å². The van der Waals surface area contributed by atoms with Gasteiger partial charge in [-0.2, -0.15) is 0 Å². The largest absolute Gasteiger partial charge is 0.487 e. The summed E-state index contributed by atoms with van der Waals surface area (Å²) in [7, 11) is 0. The highest BCUT2D eigenvalue weighted by molar-refractivity contribution is 5.53. The molecule has 5 nitrogen and oxygen atoms in total. The summed E-state index contributed by atoms with van der Waals surface area (Å²) in [4.78, 5) is 9.11. The molecule has 2 N–H and O–H groups in total. The van der Waals surface area contributed by atoms with Crippen LogP contribution in [0.1, 0.15) is 17.0 Å². The van der Waals surface area contributed by atoms with Crippen LogP contribution in [-0.4, -0.2) is 4.98 Å². The number of aryl methyl sites for hydroxylation is 1. The molecule has 0 unspecified atom stereocenters. The SMILES string of the molecule is Cc1oc(-c2ccccc2)nc1COc1ccc(CON)cc1. The third-order valence-electron chi connectivity index (χ3n) is 3.46. The molecular formula is C18H18N2O3. The summed E-state index contributed by atoms with van der Waals surface area (Å²) in [6, 6.07) is 17.4. The summed E-state index contributed by atoms with van der Waals surface area (Å²) in [6.45, 7) is 2.62. The Balaban J connectivity index is 1.67. The maximum absolute atomic E-state index is 5.76. The van der Waals surface area contributed by atoms with Crippen molar-refractivity contribution in [2.75, 3.05) is 0 Å². The molecule has 1 heterocycles. The van der Waals surface area contributed by atoms with Gasteiger partial charge in [0.05, 0.1) is 6.61 Å². The Hall–Kier alpha value is -2.63. The molecule has 0 bridgehead atoms. The van der Waals surface area contributed by atoms with Gasteiger partial charge < -0.3 is 9.15 Å². The topological polar surface area (TPSA) is 70.5 Å². The first-order valence-electron chi connectivity index (χ1n) is 7.31. The Kier molecular flexibility index (Phi) is 4.71. The molecule has 0 amide bonds. The first-order valence-corrected chi connectivity index (χ1v) is 7.31. The number of hydrogen-bond acceptors (Lipinski definition) is 5. The van der Waals surface area contributed by atoms with E-state index >= 15 is 0 Å². The Labute approximate surface area is 134 Å². The molecule has 0 spiro atoms. The molecule has 0 radical (unpaired) electrons. The van der Waals surface area contributed by atoms with Crippen molar-refractivity contribution in [1.29, 1.82) is 0 Å². The van der Waals surface area contributed by atoms with Gasteiger partial charge in [-0.3, -0.25) is 4.84 Å². The lowest BCUT2D eigenvalue weighted by molar-refractivity contribution is 0.124. The number of ether oxygens (including phenoxy) is 1. The smallest absolute Gasteiger partial charge is 0.226 e. The zero-order valence-corrected chi connectivity index (χ0v) is 12.9. The molecule has 0 atom stereocenters. The van der Waals surface area contributed by atoms with E-state index in [0.29, 0.717) is 19.1 Å². The van der Waals surface area contributed by atoms with Crippen LogP contribution in [0.5, 0.6) is 5.75 Å². The number of benzene rings is 2. The molecule has 118 valence electrons. The quantitative estimate of drug-likeness (QED) is 0.704. The number of hydrogen-bond donors (Lipinski definition) is 1. The second-order valence-electron chi connectivity index (χ2n) is 5.13. The van der Waals surface area contributed by atoms with Crippen molar-refractivity contribution in [3.8, 4) is 17.2 Å². The van der Waals surface area contributed by atoms with Crippen LogP contribution in [0.15, 0.2) is 59.0 Å². The number of oxazole rings is 1. The second kappa shape index (κ2) is 7.09. The lowest BCUT2D eigenvalue weighted by Gasteiger charge is -2.05. The van der Waals surface area contributed by atoms with E-state index in [0.717, 1.165) is 28.3 Å². The van der Waals surface area contributed by atoms with Crippen molar-refractivity contribution >= 4 is 0 Å². The molecule has 0 aliphatic carbocycles. The van der Waals surface area contributed by atoms with E-state index in [1.54, 1.807) is 0 Å². The van der Waals surface area contributed by atoms with E-state index < -0.39 is 0 Å². The molecule has 5 heteroatoms. The minimum absolute atomic E-state index is 0.356. The minimum atomic E-state index is 0.356. The van der Waals surface area contributed by atoms with Crippen molar-refractivity contribution < 1.29 is 14.0 Å². The number of aromatic nitrogens is 1. The van der Waals surface area contributed by atoms with Gasteiger partial charge in [0.1, 0.15) is 23.8 Å². The van der Waals surface area contributed by atoms with Gasteiger partial charge in [0.15, 0.2) is 0 Å². The van der Waals surface area contributed by atoms with Crippen LogP contribution in [0.25, 0.3) is 11.5 Å². The third-order valence-corrected chi connectivity index (χ3v) is 3.46. The summed E-state index contributed by atoms with van der Waals surface area (Å²) in [5, 5.41) is 0. The first-order chi connectivity index (χ1) is 11.3. The molecule has 0 saturated carbocycles. The van der Waals surface area contributed by atoms with E-state index in [4.69, 9.17) is 15.1 Å². The van der Waals surface area contributed by atoms with Gasteiger partial charge in [-0.15, -0.1) is 0 Å². The number of nitrogens with two attached hydrogens (primary N) is 1. The van der Waals surface area contributed by atoms with Gasteiger partial charge in [0.2, 0.25) is 5.89 Å². The second-order valence-corrected chi connectivity index (χ2v) is 5.13. The third kappa shape index (κ3) is 3.77. The Morgan fingerprint density at radius 1 is 1.00 bits per heavy atom. The molecule has 0 aliphatic rings. The fourth-order valence-corrected chi connectivity index (χ4v) is 2.20. The molecular weight excluding hydrogens is 292 g/mol. The average molecular weight is 310 g/mol. The fourth-order valence-electron chi connectivity index (χ4n) is 2.20. The highest BCUT2D eigenvalue weighted by Crippen LogP contribution is 2.22. The molecule has 0 saturated heterocycles. The molecule has 23 heavy (non-hydrogen) atoms. The van der Waals surface area contributed by atoms with Gasteiger partial charge in [0.25, 0.3) is 0 Å². The van der Waals surface area contributed by atoms with Crippen molar-refractivity contribution in [2.24, 2.45) is 5.90 Å². The summed E-state index contributed by atoms with van der Waals surface area (Å²) >= 11 is 0. The minimum Gasteiger partial charge on any atom is -0.487 e. The van der Waals surface area contributed by atoms with E-state index in [-0.39, 0.29) is 0 Å². The van der Waals surface area contributed by atoms with Crippen LogP contribution in [0.2, 0.25) is 0 Å². The summed E-state index contributed by atoms with van der Waals surface area (Å²) < 4.78 is 11.5. The van der Waals surface area contributed by atoms with Crippen LogP contribution in [-0.2, 0) is 18.1 Å². The van der Waals surface area contributed by atoms with Crippen molar-refractivity contribution in [1.82, 2.24) is 4.98 Å². The molecule has 0 fully saturated rings. The van der Waals surface area contributed by atoms with Gasteiger partial charge in [0, 0.05) is 5.56 Å². The zero-order valence-electron chi connectivity index (χ0n) is 12.9. The predicted molar refractivity (Wildman–Crippen MR) is 86.4 cm³/mol. The van der Waals surface area contributed by atoms with E-state index in [2.05, 4.69) is 9.82 Å².